The number of aldehydes is 1. The molecule has 0 spiro atoms. The summed E-state index contributed by atoms with van der Waals surface area (Å²) in [6.07, 6.45) is 0.861. The molecule has 0 aliphatic carbocycles. The minimum Gasteiger partial charge on any atom is -0.298 e. The van der Waals surface area contributed by atoms with Crippen molar-refractivity contribution >= 4 is 17.6 Å². The van der Waals surface area contributed by atoms with Crippen LogP contribution >= 0.6 is 11.3 Å². The summed E-state index contributed by atoms with van der Waals surface area (Å²) in [5, 5.41) is 8.55. The molecule has 0 aromatic carbocycles. The van der Waals surface area contributed by atoms with Crippen molar-refractivity contribution in [3.8, 4) is 5.13 Å². The predicted molar refractivity (Wildman–Crippen MR) is 54.1 cm³/mol. The summed E-state index contributed by atoms with van der Waals surface area (Å²) < 4.78 is 1.93. The van der Waals surface area contributed by atoms with E-state index in [1.807, 2.05) is 24.5 Å². The Morgan fingerprint density at radius 3 is 2.79 bits per heavy atom. The molecule has 2 heterocycles. The summed E-state index contributed by atoms with van der Waals surface area (Å²) in [5.74, 6) is 0. The number of hydrogen-bond donors (Lipinski definition) is 0. The molecule has 0 unspecified atom stereocenters. The van der Waals surface area contributed by atoms with Gasteiger partial charge in [-0.05, 0) is 19.9 Å². The van der Waals surface area contributed by atoms with E-state index in [9.17, 15) is 4.79 Å². The van der Waals surface area contributed by atoms with E-state index in [0.717, 1.165) is 22.8 Å². The lowest BCUT2D eigenvalue weighted by molar-refractivity contribution is 0.112. The van der Waals surface area contributed by atoms with Gasteiger partial charge in [0.25, 0.3) is 0 Å². The van der Waals surface area contributed by atoms with E-state index >= 15 is 0 Å². The zero-order valence-electron chi connectivity index (χ0n) is 7.89. The molecule has 2 rings (SSSR count). The topological polar surface area (TPSA) is 47.8 Å². The Kier molecular flexibility index (Phi) is 2.17. The van der Waals surface area contributed by atoms with E-state index in [4.69, 9.17) is 0 Å². The van der Waals surface area contributed by atoms with Gasteiger partial charge in [-0.15, -0.1) is 10.2 Å². The molecule has 0 bridgehead atoms. The largest absolute Gasteiger partial charge is 0.298 e. The average molecular weight is 207 g/mol. The summed E-state index contributed by atoms with van der Waals surface area (Å²) in [5.41, 5.74) is 4.29. The lowest BCUT2D eigenvalue weighted by Gasteiger charge is -2.02. The maximum atomic E-state index is 10.7. The number of carbonyl (C=O) groups is 1. The van der Waals surface area contributed by atoms with Crippen molar-refractivity contribution in [3.63, 3.8) is 0 Å². The van der Waals surface area contributed by atoms with E-state index in [-0.39, 0.29) is 0 Å². The van der Waals surface area contributed by atoms with Crippen LogP contribution in [0, 0.1) is 13.8 Å². The van der Waals surface area contributed by atoms with Gasteiger partial charge in [-0.2, -0.15) is 0 Å². The van der Waals surface area contributed by atoms with Gasteiger partial charge >= 0.3 is 0 Å². The first-order valence-corrected chi connectivity index (χ1v) is 5.02. The van der Waals surface area contributed by atoms with Crippen molar-refractivity contribution in [2.45, 2.75) is 13.8 Å². The minimum absolute atomic E-state index is 0.706. The summed E-state index contributed by atoms with van der Waals surface area (Å²) in [4.78, 5) is 10.7. The van der Waals surface area contributed by atoms with Gasteiger partial charge in [-0.1, -0.05) is 11.3 Å². The van der Waals surface area contributed by atoms with Crippen LogP contribution in [0.2, 0.25) is 0 Å². The van der Waals surface area contributed by atoms with Crippen molar-refractivity contribution in [3.05, 3.63) is 28.5 Å². The van der Waals surface area contributed by atoms with E-state index in [1.54, 1.807) is 5.51 Å². The summed E-state index contributed by atoms with van der Waals surface area (Å²) in [7, 11) is 0. The zero-order chi connectivity index (χ0) is 10.1. The van der Waals surface area contributed by atoms with E-state index in [1.165, 1.54) is 11.3 Å². The maximum Gasteiger partial charge on any atom is 0.216 e. The van der Waals surface area contributed by atoms with Gasteiger partial charge in [0.15, 0.2) is 6.29 Å². The maximum absolute atomic E-state index is 10.7. The van der Waals surface area contributed by atoms with Crippen LogP contribution < -0.4 is 0 Å². The Balaban J connectivity index is 2.64. The fourth-order valence-corrected chi connectivity index (χ4v) is 2.14. The molecule has 2 aromatic heterocycles. The third kappa shape index (κ3) is 1.26. The Morgan fingerprint density at radius 2 is 2.29 bits per heavy atom. The van der Waals surface area contributed by atoms with Crippen molar-refractivity contribution < 1.29 is 4.79 Å². The Hall–Kier alpha value is -1.49. The number of rotatable bonds is 2. The van der Waals surface area contributed by atoms with E-state index < -0.39 is 0 Å². The van der Waals surface area contributed by atoms with Crippen LogP contribution in [-0.4, -0.2) is 21.1 Å². The summed E-state index contributed by atoms with van der Waals surface area (Å²) in [6, 6.07) is 1.85. The molecule has 0 atom stereocenters. The Morgan fingerprint density at radius 1 is 1.50 bits per heavy atom. The monoisotopic (exact) mass is 207 g/mol. The second-order valence-electron chi connectivity index (χ2n) is 3.00. The molecule has 0 saturated carbocycles. The van der Waals surface area contributed by atoms with Gasteiger partial charge in [0.05, 0.1) is 0 Å². The SMILES string of the molecule is Cc1cc(C=O)c(C)n1-c1nncs1. The fraction of sp³-hybridized carbons (Fsp3) is 0.222. The third-order valence-electron chi connectivity index (χ3n) is 2.14. The second kappa shape index (κ2) is 3.34. The molecule has 2 aromatic rings. The number of carbonyl (C=O) groups excluding carboxylic acids is 1. The van der Waals surface area contributed by atoms with Crippen molar-refractivity contribution in [1.29, 1.82) is 0 Å². The molecular weight excluding hydrogens is 198 g/mol. The van der Waals surface area contributed by atoms with Crippen LogP contribution in [0.4, 0.5) is 0 Å². The third-order valence-corrected chi connectivity index (χ3v) is 2.81. The van der Waals surface area contributed by atoms with Crippen LogP contribution in [-0.2, 0) is 0 Å². The first-order chi connectivity index (χ1) is 6.74. The second-order valence-corrected chi connectivity index (χ2v) is 3.81. The average Bonchev–Trinajstić information content (AvgIpc) is 2.74. The fourth-order valence-electron chi connectivity index (χ4n) is 1.47. The molecule has 72 valence electrons. The van der Waals surface area contributed by atoms with E-state index in [2.05, 4.69) is 10.2 Å². The highest BCUT2D eigenvalue weighted by atomic mass is 32.1. The Labute approximate surface area is 85.2 Å². The molecule has 0 aliphatic heterocycles. The molecule has 5 heteroatoms. The van der Waals surface area contributed by atoms with Crippen molar-refractivity contribution in [2.24, 2.45) is 0 Å². The molecule has 14 heavy (non-hydrogen) atoms. The number of aromatic nitrogens is 3. The molecule has 0 amide bonds. The highest BCUT2D eigenvalue weighted by molar-refractivity contribution is 7.11. The predicted octanol–water partition coefficient (Wildman–Crippen LogP) is 1.76. The van der Waals surface area contributed by atoms with Crippen LogP contribution in [0.1, 0.15) is 21.7 Å². The van der Waals surface area contributed by atoms with Gasteiger partial charge in [0.2, 0.25) is 5.13 Å². The Bertz CT molecular complexity index is 459. The molecule has 0 N–H and O–H groups in total. The molecule has 0 aliphatic rings. The highest BCUT2D eigenvalue weighted by Crippen LogP contribution is 2.19. The smallest absolute Gasteiger partial charge is 0.216 e. The minimum atomic E-state index is 0.706. The number of aryl methyl sites for hydroxylation is 1. The first-order valence-electron chi connectivity index (χ1n) is 4.14. The van der Waals surface area contributed by atoms with E-state index in [0.29, 0.717) is 5.56 Å². The van der Waals surface area contributed by atoms with Gasteiger partial charge in [0, 0.05) is 17.0 Å². The molecule has 4 nitrogen and oxygen atoms in total. The molecule has 0 saturated heterocycles. The van der Waals surface area contributed by atoms with Crippen LogP contribution in [0.5, 0.6) is 0 Å². The highest BCUT2D eigenvalue weighted by Gasteiger charge is 2.11. The number of nitrogens with zero attached hydrogens (tertiary/aromatic N) is 3. The lowest BCUT2D eigenvalue weighted by Crippen LogP contribution is -1.98. The van der Waals surface area contributed by atoms with Crippen molar-refractivity contribution in [2.75, 3.05) is 0 Å². The van der Waals surface area contributed by atoms with Crippen LogP contribution in [0.15, 0.2) is 11.6 Å². The lowest BCUT2D eigenvalue weighted by atomic mass is 10.3. The quantitative estimate of drug-likeness (QED) is 0.705. The van der Waals surface area contributed by atoms with Gasteiger partial charge in [-0.25, -0.2) is 0 Å². The van der Waals surface area contributed by atoms with Crippen LogP contribution in [0.3, 0.4) is 0 Å². The standard InChI is InChI=1S/C9H9N3OS/c1-6-3-8(4-13)7(2)12(6)9-11-10-5-14-9/h3-5H,1-2H3. The normalized spacial score (nSPS) is 10.4. The van der Waals surface area contributed by atoms with Crippen molar-refractivity contribution in [1.82, 2.24) is 14.8 Å². The molecular formula is C9H9N3OS. The first kappa shape index (κ1) is 9.08. The zero-order valence-corrected chi connectivity index (χ0v) is 8.71. The van der Waals surface area contributed by atoms with Crippen LogP contribution in [0.25, 0.3) is 5.13 Å². The molecule has 0 fully saturated rings. The summed E-state index contributed by atoms with van der Waals surface area (Å²) in [6.45, 7) is 3.85. The van der Waals surface area contributed by atoms with Gasteiger partial charge < -0.3 is 0 Å². The molecule has 0 radical (unpaired) electrons. The van der Waals surface area contributed by atoms with Gasteiger partial charge in [0.1, 0.15) is 5.51 Å². The summed E-state index contributed by atoms with van der Waals surface area (Å²) >= 11 is 1.45. The number of hydrogen-bond acceptors (Lipinski definition) is 4. The van der Waals surface area contributed by atoms with Gasteiger partial charge in [-0.3, -0.25) is 9.36 Å².